The fraction of sp³-hybridized carbons (Fsp3) is 0.0625. The topological polar surface area (TPSA) is 87.5 Å². The second kappa shape index (κ2) is 5.23. The van der Waals surface area contributed by atoms with Gasteiger partial charge in [0.25, 0.3) is 0 Å². The summed E-state index contributed by atoms with van der Waals surface area (Å²) in [6.45, 7) is 1.66. The first-order valence-corrected chi connectivity index (χ1v) is 7.25. The van der Waals surface area contributed by atoms with Crippen LogP contribution in [0.15, 0.2) is 30.3 Å². The van der Waals surface area contributed by atoms with E-state index in [2.05, 4.69) is 4.98 Å². The highest BCUT2D eigenvalue weighted by Gasteiger charge is 2.15. The number of hydrogen-bond donors (Lipinski definition) is 2. The Hall–Kier alpha value is -2.73. The molecule has 0 radical (unpaired) electrons. The zero-order valence-corrected chi connectivity index (χ0v) is 12.3. The Kier molecular flexibility index (Phi) is 3.38. The number of rotatable bonds is 3. The number of carbonyl (C=O) groups is 2. The maximum atomic E-state index is 11.1. The van der Waals surface area contributed by atoms with Crippen LogP contribution in [0.2, 0.25) is 0 Å². The van der Waals surface area contributed by atoms with Crippen LogP contribution in [0.1, 0.15) is 25.7 Å². The Labute approximate surface area is 129 Å². The van der Waals surface area contributed by atoms with Gasteiger partial charge in [-0.15, -0.1) is 11.3 Å². The number of thiazole rings is 1. The van der Waals surface area contributed by atoms with Crippen molar-refractivity contribution >= 4 is 34.4 Å². The summed E-state index contributed by atoms with van der Waals surface area (Å²) in [5.41, 5.74) is 1.49. The van der Waals surface area contributed by atoms with Gasteiger partial charge >= 0.3 is 5.97 Å². The number of hydrogen-bond acceptors (Lipinski definition) is 5. The van der Waals surface area contributed by atoms with Gasteiger partial charge in [0.2, 0.25) is 0 Å². The summed E-state index contributed by atoms with van der Waals surface area (Å²) in [5, 5.41) is 20.8. The molecule has 0 aliphatic carbocycles. The maximum Gasteiger partial charge on any atom is 0.347 e. The van der Waals surface area contributed by atoms with E-state index < -0.39 is 5.97 Å². The summed E-state index contributed by atoms with van der Waals surface area (Å²) < 4.78 is 0. The van der Waals surface area contributed by atoms with E-state index >= 15 is 0 Å². The molecule has 0 amide bonds. The molecule has 0 atom stereocenters. The molecule has 2 aromatic carbocycles. The van der Waals surface area contributed by atoms with Crippen LogP contribution in [-0.2, 0) is 0 Å². The van der Waals surface area contributed by atoms with Gasteiger partial charge in [0.1, 0.15) is 15.6 Å². The third-order valence-corrected chi connectivity index (χ3v) is 4.59. The Morgan fingerprint density at radius 3 is 2.68 bits per heavy atom. The van der Waals surface area contributed by atoms with Crippen LogP contribution in [0.25, 0.3) is 21.3 Å². The summed E-state index contributed by atoms with van der Waals surface area (Å²) in [7, 11) is 0. The third-order valence-electron chi connectivity index (χ3n) is 3.39. The number of aryl methyl sites for hydroxylation is 1. The van der Waals surface area contributed by atoms with Gasteiger partial charge in [-0.2, -0.15) is 0 Å². The average Bonchev–Trinajstić information content (AvgIpc) is 2.89. The molecule has 6 heteroatoms. The van der Waals surface area contributed by atoms with Crippen molar-refractivity contribution in [2.45, 2.75) is 6.92 Å². The second-order valence-corrected chi connectivity index (χ2v) is 5.79. The number of benzene rings is 2. The Morgan fingerprint density at radius 2 is 2.05 bits per heavy atom. The third kappa shape index (κ3) is 2.23. The first-order chi connectivity index (χ1) is 10.5. The van der Waals surface area contributed by atoms with Gasteiger partial charge < -0.3 is 10.2 Å². The summed E-state index contributed by atoms with van der Waals surface area (Å²) in [6.07, 6.45) is 0.618. The molecule has 2 N–H and O–H groups in total. The zero-order chi connectivity index (χ0) is 15.9. The molecule has 0 aliphatic rings. The minimum absolute atomic E-state index is 0.0616. The molecule has 110 valence electrons. The van der Waals surface area contributed by atoms with Crippen molar-refractivity contribution in [1.29, 1.82) is 0 Å². The van der Waals surface area contributed by atoms with E-state index in [0.29, 0.717) is 22.4 Å². The molecule has 1 heterocycles. The highest BCUT2D eigenvalue weighted by molar-refractivity contribution is 7.17. The number of phenols is 1. The standard InChI is InChI=1S/C16H11NO4S/c1-8-14(16(20)21)22-15(17-8)10-2-4-11-9(6-10)3-5-13(19)12(11)7-18/h2-7,19H,1H3,(H,20,21). The molecule has 0 saturated heterocycles. The van der Waals surface area contributed by atoms with E-state index in [4.69, 9.17) is 5.11 Å². The molecule has 1 aromatic heterocycles. The molecule has 0 unspecified atom stereocenters. The first-order valence-electron chi connectivity index (χ1n) is 6.43. The van der Waals surface area contributed by atoms with Crippen LogP contribution in [0.5, 0.6) is 5.75 Å². The number of aromatic nitrogens is 1. The van der Waals surface area contributed by atoms with Crippen LogP contribution in [0, 0.1) is 6.92 Å². The molecule has 0 saturated carbocycles. The minimum Gasteiger partial charge on any atom is -0.507 e. The monoisotopic (exact) mass is 313 g/mol. The number of phenolic OH excluding ortho intramolecular Hbond substituents is 1. The maximum absolute atomic E-state index is 11.1. The van der Waals surface area contributed by atoms with Crippen molar-refractivity contribution in [2.24, 2.45) is 0 Å². The lowest BCUT2D eigenvalue weighted by Gasteiger charge is -2.05. The predicted octanol–water partition coefficient (Wildman–Crippen LogP) is 3.49. The van der Waals surface area contributed by atoms with E-state index in [1.165, 1.54) is 6.07 Å². The highest BCUT2D eigenvalue weighted by Crippen LogP contribution is 2.32. The van der Waals surface area contributed by atoms with Crippen LogP contribution in [0.3, 0.4) is 0 Å². The number of carboxylic acid groups (broad SMARTS) is 1. The van der Waals surface area contributed by atoms with Gasteiger partial charge in [0, 0.05) is 5.56 Å². The number of fused-ring (bicyclic) bond motifs is 1. The molecular formula is C16H11NO4S. The lowest BCUT2D eigenvalue weighted by molar-refractivity contribution is 0.0701. The molecule has 3 rings (SSSR count). The summed E-state index contributed by atoms with van der Waals surface area (Å²) >= 11 is 1.11. The van der Waals surface area contributed by atoms with Crippen LogP contribution in [0.4, 0.5) is 0 Å². The lowest BCUT2D eigenvalue weighted by atomic mass is 10.0. The van der Waals surface area contributed by atoms with E-state index in [1.807, 2.05) is 6.07 Å². The Bertz CT molecular complexity index is 914. The van der Waals surface area contributed by atoms with E-state index in [0.717, 1.165) is 22.3 Å². The number of aromatic carboxylic acids is 1. The molecule has 0 fully saturated rings. The van der Waals surface area contributed by atoms with Gasteiger partial charge in [-0.3, -0.25) is 4.79 Å². The van der Waals surface area contributed by atoms with Gasteiger partial charge in [0.05, 0.1) is 11.3 Å². The highest BCUT2D eigenvalue weighted by atomic mass is 32.1. The molecule has 0 spiro atoms. The summed E-state index contributed by atoms with van der Waals surface area (Å²) in [5.74, 6) is -1.05. The number of carboxylic acids is 1. The second-order valence-electron chi connectivity index (χ2n) is 4.79. The van der Waals surface area contributed by atoms with Crippen molar-refractivity contribution in [3.8, 4) is 16.3 Å². The van der Waals surface area contributed by atoms with E-state index in [1.54, 1.807) is 25.1 Å². The number of nitrogens with zero attached hydrogens (tertiary/aromatic N) is 1. The van der Waals surface area contributed by atoms with Gasteiger partial charge in [0.15, 0.2) is 6.29 Å². The normalized spacial score (nSPS) is 10.8. The van der Waals surface area contributed by atoms with Crippen molar-refractivity contribution in [2.75, 3.05) is 0 Å². The van der Waals surface area contributed by atoms with E-state index in [9.17, 15) is 14.7 Å². The molecular weight excluding hydrogens is 302 g/mol. The molecule has 22 heavy (non-hydrogen) atoms. The Balaban J connectivity index is 2.17. The van der Waals surface area contributed by atoms with Crippen molar-refractivity contribution in [3.63, 3.8) is 0 Å². The first kappa shape index (κ1) is 14.2. The fourth-order valence-electron chi connectivity index (χ4n) is 2.32. The number of aldehydes is 1. The molecule has 3 aromatic rings. The largest absolute Gasteiger partial charge is 0.507 e. The molecule has 5 nitrogen and oxygen atoms in total. The van der Waals surface area contributed by atoms with Gasteiger partial charge in [-0.25, -0.2) is 9.78 Å². The van der Waals surface area contributed by atoms with Gasteiger partial charge in [-0.05, 0) is 29.8 Å². The molecule has 0 bridgehead atoms. The smallest absolute Gasteiger partial charge is 0.347 e. The summed E-state index contributed by atoms with van der Waals surface area (Å²) in [4.78, 5) is 26.7. The quantitative estimate of drug-likeness (QED) is 0.723. The lowest BCUT2D eigenvalue weighted by Crippen LogP contribution is -1.94. The fourth-order valence-corrected chi connectivity index (χ4v) is 3.22. The number of carbonyl (C=O) groups excluding carboxylic acids is 1. The number of aromatic hydroxyl groups is 1. The van der Waals surface area contributed by atoms with Crippen molar-refractivity contribution in [3.05, 3.63) is 46.5 Å². The molecule has 0 aliphatic heterocycles. The minimum atomic E-state index is -0.991. The van der Waals surface area contributed by atoms with Crippen molar-refractivity contribution in [1.82, 2.24) is 4.98 Å². The predicted molar refractivity (Wildman–Crippen MR) is 83.8 cm³/mol. The van der Waals surface area contributed by atoms with Crippen LogP contribution in [-0.4, -0.2) is 27.5 Å². The average molecular weight is 313 g/mol. The van der Waals surface area contributed by atoms with E-state index in [-0.39, 0.29) is 16.2 Å². The van der Waals surface area contributed by atoms with Crippen LogP contribution < -0.4 is 0 Å². The summed E-state index contributed by atoms with van der Waals surface area (Å²) in [6, 6.07) is 8.49. The zero-order valence-electron chi connectivity index (χ0n) is 11.5. The Morgan fingerprint density at radius 1 is 1.27 bits per heavy atom. The van der Waals surface area contributed by atoms with Crippen molar-refractivity contribution < 1.29 is 19.8 Å². The SMILES string of the molecule is Cc1nc(-c2ccc3c(C=O)c(O)ccc3c2)sc1C(=O)O. The van der Waals surface area contributed by atoms with Crippen LogP contribution >= 0.6 is 11.3 Å². The van der Waals surface area contributed by atoms with Gasteiger partial charge in [-0.1, -0.05) is 18.2 Å².